The molecule has 2 aromatic carbocycles. The van der Waals surface area contributed by atoms with E-state index in [1.165, 1.54) is 0 Å². The molecule has 0 aliphatic rings. The molecular weight excluding hydrogens is 315 g/mol. The summed E-state index contributed by atoms with van der Waals surface area (Å²) in [6.07, 6.45) is 0. The van der Waals surface area contributed by atoms with Crippen molar-refractivity contribution in [3.05, 3.63) is 70.8 Å². The van der Waals surface area contributed by atoms with Crippen molar-refractivity contribution in [3.63, 3.8) is 0 Å². The van der Waals surface area contributed by atoms with Crippen LogP contribution in [-0.2, 0) is 26.8 Å². The van der Waals surface area contributed by atoms with E-state index in [-0.39, 0.29) is 13.2 Å². The summed E-state index contributed by atoms with van der Waals surface area (Å²) in [5.41, 5.74) is 2.30. The van der Waals surface area contributed by atoms with Gasteiger partial charge in [0.2, 0.25) is 0 Å². The lowest BCUT2D eigenvalue weighted by atomic mass is 10.2. The molecule has 0 amide bonds. The Morgan fingerprint density at radius 3 is 1.48 bits per heavy atom. The molecule has 0 aliphatic carbocycles. The fraction of sp³-hybridized carbons (Fsp3) is 0.125. The van der Waals surface area contributed by atoms with Crippen LogP contribution >= 0.6 is 7.82 Å². The summed E-state index contributed by atoms with van der Waals surface area (Å²) in [4.78, 5) is 9.65. The highest BCUT2D eigenvalue weighted by Gasteiger charge is 2.21. The summed E-state index contributed by atoms with van der Waals surface area (Å²) in [5, 5.41) is 17.4. The molecule has 0 fully saturated rings. The molecule has 0 aromatic heterocycles. The summed E-state index contributed by atoms with van der Waals surface area (Å²) in [6.45, 7) is -0.209. The molecule has 0 saturated heterocycles. The molecule has 0 bridgehead atoms. The zero-order valence-electron chi connectivity index (χ0n) is 12.0. The summed E-state index contributed by atoms with van der Waals surface area (Å²) in [7, 11) is -4.19. The van der Waals surface area contributed by atoms with Crippen LogP contribution < -0.4 is 0 Å². The molecule has 0 aliphatic heterocycles. The van der Waals surface area contributed by atoms with E-state index in [2.05, 4.69) is 0 Å². The number of phosphoric acid groups is 1. The number of hydrogen-bond donors (Lipinski definition) is 1. The highest BCUT2D eigenvalue weighted by molar-refractivity contribution is 7.47. The van der Waals surface area contributed by atoms with Crippen molar-refractivity contribution < 1.29 is 18.5 Å². The quantitative estimate of drug-likeness (QED) is 0.816. The molecule has 23 heavy (non-hydrogen) atoms. The second kappa shape index (κ2) is 7.69. The maximum atomic E-state index is 11.8. The minimum atomic E-state index is -4.19. The van der Waals surface area contributed by atoms with E-state index >= 15 is 0 Å². The van der Waals surface area contributed by atoms with Gasteiger partial charge in [-0.25, -0.2) is 4.57 Å². The minimum Gasteiger partial charge on any atom is -0.302 e. The van der Waals surface area contributed by atoms with Crippen molar-refractivity contribution in [3.8, 4) is 12.1 Å². The van der Waals surface area contributed by atoms with Gasteiger partial charge in [-0.05, 0) is 35.4 Å². The molecule has 116 valence electrons. The summed E-state index contributed by atoms with van der Waals surface area (Å²) < 4.78 is 21.6. The number of rotatable bonds is 6. The zero-order valence-corrected chi connectivity index (χ0v) is 12.9. The predicted octanol–water partition coefficient (Wildman–Crippen LogP) is 3.26. The third-order valence-electron chi connectivity index (χ3n) is 2.95. The summed E-state index contributed by atoms with van der Waals surface area (Å²) in [6, 6.07) is 16.9. The van der Waals surface area contributed by atoms with E-state index in [0.29, 0.717) is 22.3 Å². The second-order valence-electron chi connectivity index (χ2n) is 4.63. The topological polar surface area (TPSA) is 103 Å². The third kappa shape index (κ3) is 5.34. The molecule has 6 nitrogen and oxygen atoms in total. The van der Waals surface area contributed by atoms with Gasteiger partial charge < -0.3 is 4.89 Å². The lowest BCUT2D eigenvalue weighted by Gasteiger charge is -2.12. The van der Waals surface area contributed by atoms with Crippen molar-refractivity contribution in [2.45, 2.75) is 13.2 Å². The average molecular weight is 328 g/mol. The van der Waals surface area contributed by atoms with Crippen molar-refractivity contribution in [2.75, 3.05) is 0 Å². The Bertz CT molecular complexity index is 723. The Labute approximate surface area is 133 Å². The first-order chi connectivity index (χ1) is 11.0. The largest absolute Gasteiger partial charge is 0.472 e. The molecule has 2 rings (SSSR count). The maximum Gasteiger partial charge on any atom is 0.472 e. The van der Waals surface area contributed by atoms with Crippen molar-refractivity contribution in [1.82, 2.24) is 0 Å². The Balaban J connectivity index is 1.87. The number of hydrogen-bond acceptors (Lipinski definition) is 5. The van der Waals surface area contributed by atoms with E-state index in [4.69, 9.17) is 19.6 Å². The molecule has 0 saturated carbocycles. The summed E-state index contributed by atoms with van der Waals surface area (Å²) in [5.74, 6) is 0. The van der Waals surface area contributed by atoms with Crippen LogP contribution in [0.1, 0.15) is 22.3 Å². The van der Waals surface area contributed by atoms with Gasteiger partial charge in [0, 0.05) is 0 Å². The SMILES string of the molecule is N#Cc1ccc(COP(=O)(O)OCc2ccc(C#N)cc2)cc1. The average Bonchev–Trinajstić information content (AvgIpc) is 2.59. The fourth-order valence-corrected chi connectivity index (χ4v) is 2.40. The Hall–Kier alpha value is -2.47. The Kier molecular flexibility index (Phi) is 5.65. The van der Waals surface area contributed by atoms with Gasteiger partial charge in [-0.3, -0.25) is 9.05 Å². The Morgan fingerprint density at radius 2 is 1.17 bits per heavy atom. The van der Waals surface area contributed by atoms with Crippen LogP contribution in [0.15, 0.2) is 48.5 Å². The first kappa shape index (κ1) is 16.9. The van der Waals surface area contributed by atoms with Gasteiger partial charge in [-0.15, -0.1) is 0 Å². The highest BCUT2D eigenvalue weighted by Crippen LogP contribution is 2.44. The molecule has 1 N–H and O–H groups in total. The van der Waals surface area contributed by atoms with Gasteiger partial charge in [0.1, 0.15) is 0 Å². The number of benzene rings is 2. The molecule has 0 atom stereocenters. The van der Waals surface area contributed by atoms with Gasteiger partial charge in [0.25, 0.3) is 0 Å². The monoisotopic (exact) mass is 328 g/mol. The third-order valence-corrected chi connectivity index (χ3v) is 3.87. The van der Waals surface area contributed by atoms with Gasteiger partial charge in [-0.2, -0.15) is 10.5 Å². The molecule has 2 aromatic rings. The second-order valence-corrected chi connectivity index (χ2v) is 6.09. The van der Waals surface area contributed by atoms with E-state index < -0.39 is 7.82 Å². The Morgan fingerprint density at radius 1 is 0.826 bits per heavy atom. The zero-order chi connectivity index (χ0) is 16.7. The lowest BCUT2D eigenvalue weighted by molar-refractivity contribution is 0.137. The van der Waals surface area contributed by atoms with E-state index in [0.717, 1.165) is 0 Å². The van der Waals surface area contributed by atoms with Crippen molar-refractivity contribution >= 4 is 7.82 Å². The first-order valence-electron chi connectivity index (χ1n) is 6.62. The normalized spacial score (nSPS) is 10.7. The summed E-state index contributed by atoms with van der Waals surface area (Å²) >= 11 is 0. The van der Waals surface area contributed by atoms with Crippen LogP contribution in [0.3, 0.4) is 0 Å². The van der Waals surface area contributed by atoms with E-state index in [1.54, 1.807) is 48.5 Å². The van der Waals surface area contributed by atoms with Crippen LogP contribution in [0.25, 0.3) is 0 Å². The molecule has 7 heteroatoms. The van der Waals surface area contributed by atoms with Crippen LogP contribution in [0.5, 0.6) is 0 Å². The number of nitrogens with zero attached hydrogens (tertiary/aromatic N) is 2. The molecule has 0 radical (unpaired) electrons. The first-order valence-corrected chi connectivity index (χ1v) is 8.12. The van der Waals surface area contributed by atoms with Crippen LogP contribution in [0.4, 0.5) is 0 Å². The lowest BCUT2D eigenvalue weighted by Crippen LogP contribution is -1.97. The molecule has 0 heterocycles. The van der Waals surface area contributed by atoms with E-state index in [9.17, 15) is 9.46 Å². The molecular formula is C16H13N2O4P. The van der Waals surface area contributed by atoms with Gasteiger partial charge in [0.15, 0.2) is 0 Å². The van der Waals surface area contributed by atoms with Crippen molar-refractivity contribution in [2.24, 2.45) is 0 Å². The van der Waals surface area contributed by atoms with Crippen molar-refractivity contribution in [1.29, 1.82) is 10.5 Å². The minimum absolute atomic E-state index is 0.104. The van der Waals surface area contributed by atoms with E-state index in [1.807, 2.05) is 12.1 Å². The molecule has 0 unspecified atom stereocenters. The van der Waals surface area contributed by atoms with Crippen LogP contribution in [-0.4, -0.2) is 4.89 Å². The fourth-order valence-electron chi connectivity index (χ4n) is 1.70. The number of nitriles is 2. The standard InChI is InChI=1S/C16H13N2O4P/c17-9-13-1-5-15(6-2-13)11-21-23(19,20)22-12-16-7-3-14(10-18)4-8-16/h1-8H,11-12H2,(H,19,20). The highest BCUT2D eigenvalue weighted by atomic mass is 31.2. The van der Waals surface area contributed by atoms with Gasteiger partial charge in [0.05, 0.1) is 36.5 Å². The van der Waals surface area contributed by atoms with Gasteiger partial charge in [-0.1, -0.05) is 24.3 Å². The number of phosphoric ester groups is 1. The van der Waals surface area contributed by atoms with Gasteiger partial charge >= 0.3 is 7.82 Å². The smallest absolute Gasteiger partial charge is 0.302 e. The van der Waals surface area contributed by atoms with Crippen LogP contribution in [0.2, 0.25) is 0 Å². The van der Waals surface area contributed by atoms with Crippen LogP contribution in [0, 0.1) is 22.7 Å². The molecule has 0 spiro atoms. The maximum absolute atomic E-state index is 11.8. The predicted molar refractivity (Wildman–Crippen MR) is 81.7 cm³/mol.